The average molecular weight is 315 g/mol. The Morgan fingerprint density at radius 3 is 2.43 bits per heavy atom. The summed E-state index contributed by atoms with van der Waals surface area (Å²) in [6.45, 7) is 3.94. The van der Waals surface area contributed by atoms with Gasteiger partial charge in [0.25, 0.3) is 0 Å². The molecule has 120 valence electrons. The van der Waals surface area contributed by atoms with Crippen LogP contribution >= 0.6 is 0 Å². The number of sulfonamides is 1. The van der Waals surface area contributed by atoms with E-state index in [1.165, 1.54) is 10.5 Å². The molecule has 0 unspecified atom stereocenters. The van der Waals surface area contributed by atoms with Crippen molar-refractivity contribution in [2.45, 2.75) is 62.6 Å². The van der Waals surface area contributed by atoms with Crippen LogP contribution < -0.4 is 0 Å². The predicted molar refractivity (Wildman–Crippen MR) is 80.6 cm³/mol. The molecule has 2 rings (SSSR count). The topological polar surface area (TPSA) is 64.4 Å². The SMILES string of the molecule is COC1CCC(N(C)S(=O)(=O)c2cnn(C(C)C)c2)CC1. The van der Waals surface area contributed by atoms with Crippen molar-refractivity contribution in [2.75, 3.05) is 14.2 Å². The fourth-order valence-electron chi connectivity index (χ4n) is 2.74. The first-order chi connectivity index (χ1) is 9.86. The summed E-state index contributed by atoms with van der Waals surface area (Å²) < 4.78 is 33.8. The molecule has 1 saturated carbocycles. The van der Waals surface area contributed by atoms with Crippen molar-refractivity contribution < 1.29 is 13.2 Å². The van der Waals surface area contributed by atoms with E-state index in [9.17, 15) is 8.42 Å². The standard InChI is InChI=1S/C14H25N3O3S/c1-11(2)17-10-14(9-15-17)21(18,19)16(3)12-5-7-13(20-4)8-6-12/h9-13H,5-8H2,1-4H3. The van der Waals surface area contributed by atoms with Crippen molar-refractivity contribution >= 4 is 10.0 Å². The van der Waals surface area contributed by atoms with Gasteiger partial charge in [-0.15, -0.1) is 0 Å². The third-order valence-corrected chi connectivity index (χ3v) is 6.14. The van der Waals surface area contributed by atoms with E-state index in [4.69, 9.17) is 4.74 Å². The second-order valence-electron chi connectivity index (χ2n) is 5.94. The van der Waals surface area contributed by atoms with Gasteiger partial charge in [0, 0.05) is 32.4 Å². The van der Waals surface area contributed by atoms with Crippen LogP contribution in [0.1, 0.15) is 45.6 Å². The van der Waals surface area contributed by atoms with Gasteiger partial charge in [0.15, 0.2) is 0 Å². The molecule has 0 bridgehead atoms. The average Bonchev–Trinajstić information content (AvgIpc) is 2.97. The van der Waals surface area contributed by atoms with Gasteiger partial charge < -0.3 is 4.74 Å². The van der Waals surface area contributed by atoms with Crippen LogP contribution in [-0.2, 0) is 14.8 Å². The van der Waals surface area contributed by atoms with Crippen LogP contribution in [-0.4, -0.2) is 48.8 Å². The zero-order valence-electron chi connectivity index (χ0n) is 13.2. The van der Waals surface area contributed by atoms with Crippen LogP contribution in [0, 0.1) is 0 Å². The van der Waals surface area contributed by atoms with E-state index >= 15 is 0 Å². The summed E-state index contributed by atoms with van der Waals surface area (Å²) in [6.07, 6.45) is 6.81. The first kappa shape index (κ1) is 16.5. The maximum absolute atomic E-state index is 12.7. The molecule has 0 N–H and O–H groups in total. The lowest BCUT2D eigenvalue weighted by molar-refractivity contribution is 0.0553. The minimum atomic E-state index is -3.47. The van der Waals surface area contributed by atoms with Gasteiger partial charge in [-0.2, -0.15) is 9.40 Å². The Hall–Kier alpha value is -0.920. The van der Waals surface area contributed by atoms with Gasteiger partial charge in [-0.3, -0.25) is 4.68 Å². The smallest absolute Gasteiger partial charge is 0.246 e. The van der Waals surface area contributed by atoms with Crippen molar-refractivity contribution in [3.05, 3.63) is 12.4 Å². The monoisotopic (exact) mass is 315 g/mol. The number of aromatic nitrogens is 2. The Morgan fingerprint density at radius 2 is 1.95 bits per heavy atom. The Kier molecular flexibility index (Phi) is 5.06. The van der Waals surface area contributed by atoms with Crippen LogP contribution in [0.2, 0.25) is 0 Å². The first-order valence-electron chi connectivity index (χ1n) is 7.41. The molecule has 1 heterocycles. The van der Waals surface area contributed by atoms with Gasteiger partial charge in [-0.25, -0.2) is 8.42 Å². The van der Waals surface area contributed by atoms with Crippen molar-refractivity contribution in [2.24, 2.45) is 0 Å². The zero-order chi connectivity index (χ0) is 15.6. The molecule has 1 aromatic heterocycles. The number of hydrogen-bond acceptors (Lipinski definition) is 4. The highest BCUT2D eigenvalue weighted by Gasteiger charge is 2.32. The van der Waals surface area contributed by atoms with Gasteiger partial charge in [0.1, 0.15) is 4.90 Å². The molecule has 6 nitrogen and oxygen atoms in total. The summed E-state index contributed by atoms with van der Waals surface area (Å²) in [5, 5.41) is 4.13. The number of ether oxygens (including phenoxy) is 1. The lowest BCUT2D eigenvalue weighted by atomic mass is 9.93. The minimum absolute atomic E-state index is 0.0452. The van der Waals surface area contributed by atoms with Crippen LogP contribution in [0.3, 0.4) is 0 Å². The number of nitrogens with zero attached hydrogens (tertiary/aromatic N) is 3. The quantitative estimate of drug-likeness (QED) is 0.834. The van der Waals surface area contributed by atoms with Crippen LogP contribution in [0.15, 0.2) is 17.3 Å². The zero-order valence-corrected chi connectivity index (χ0v) is 14.0. The van der Waals surface area contributed by atoms with Crippen LogP contribution in [0.4, 0.5) is 0 Å². The fourth-order valence-corrected chi connectivity index (χ4v) is 4.10. The Balaban J connectivity index is 2.11. The molecule has 7 heteroatoms. The summed E-state index contributed by atoms with van der Waals surface area (Å²) >= 11 is 0. The Bertz CT molecular complexity index is 560. The van der Waals surface area contributed by atoms with E-state index in [2.05, 4.69) is 5.10 Å². The van der Waals surface area contributed by atoms with E-state index in [0.29, 0.717) is 0 Å². The molecular formula is C14H25N3O3S. The maximum Gasteiger partial charge on any atom is 0.246 e. The highest BCUT2D eigenvalue weighted by Crippen LogP contribution is 2.27. The highest BCUT2D eigenvalue weighted by molar-refractivity contribution is 7.89. The van der Waals surface area contributed by atoms with Crippen molar-refractivity contribution in [3.8, 4) is 0 Å². The van der Waals surface area contributed by atoms with Crippen LogP contribution in [0.5, 0.6) is 0 Å². The third kappa shape index (κ3) is 3.46. The largest absolute Gasteiger partial charge is 0.381 e. The molecular weight excluding hydrogens is 290 g/mol. The van der Waals surface area contributed by atoms with E-state index in [0.717, 1.165) is 25.7 Å². The summed E-state index contributed by atoms with van der Waals surface area (Å²) in [5.74, 6) is 0. The number of hydrogen-bond donors (Lipinski definition) is 0. The third-order valence-electron chi connectivity index (χ3n) is 4.28. The van der Waals surface area contributed by atoms with Crippen molar-refractivity contribution in [1.82, 2.24) is 14.1 Å². The summed E-state index contributed by atoms with van der Waals surface area (Å²) in [4.78, 5) is 0.271. The van der Waals surface area contributed by atoms with Gasteiger partial charge in [-0.1, -0.05) is 0 Å². The molecule has 1 aliphatic carbocycles. The van der Waals surface area contributed by atoms with Gasteiger partial charge in [-0.05, 0) is 39.5 Å². The van der Waals surface area contributed by atoms with E-state index in [1.807, 2.05) is 13.8 Å². The molecule has 1 fully saturated rings. The van der Waals surface area contributed by atoms with Crippen molar-refractivity contribution in [3.63, 3.8) is 0 Å². The first-order valence-corrected chi connectivity index (χ1v) is 8.85. The highest BCUT2D eigenvalue weighted by atomic mass is 32.2. The molecule has 0 aromatic carbocycles. The van der Waals surface area contributed by atoms with Crippen LogP contribution in [0.25, 0.3) is 0 Å². The molecule has 21 heavy (non-hydrogen) atoms. The Labute approximate surface area is 127 Å². The van der Waals surface area contributed by atoms with Gasteiger partial charge in [0.2, 0.25) is 10.0 Å². The Morgan fingerprint density at radius 1 is 1.33 bits per heavy atom. The second kappa shape index (κ2) is 6.46. The molecule has 1 aliphatic rings. The lowest BCUT2D eigenvalue weighted by Gasteiger charge is -2.33. The molecule has 0 amide bonds. The molecule has 0 radical (unpaired) electrons. The summed E-state index contributed by atoms with van der Waals surface area (Å²) in [6, 6.07) is 0.195. The number of rotatable bonds is 5. The molecule has 0 atom stereocenters. The molecule has 0 aliphatic heterocycles. The normalized spacial score (nSPS) is 23.9. The van der Waals surface area contributed by atoms with E-state index in [1.54, 1.807) is 25.0 Å². The van der Waals surface area contributed by atoms with E-state index in [-0.39, 0.29) is 23.1 Å². The molecule has 0 spiro atoms. The molecule has 0 saturated heterocycles. The lowest BCUT2D eigenvalue weighted by Crippen LogP contribution is -2.40. The fraction of sp³-hybridized carbons (Fsp3) is 0.786. The summed E-state index contributed by atoms with van der Waals surface area (Å²) in [7, 11) is -0.0858. The van der Waals surface area contributed by atoms with Gasteiger partial charge >= 0.3 is 0 Å². The van der Waals surface area contributed by atoms with Crippen molar-refractivity contribution in [1.29, 1.82) is 0 Å². The summed E-state index contributed by atoms with van der Waals surface area (Å²) in [5.41, 5.74) is 0. The second-order valence-corrected chi connectivity index (χ2v) is 7.93. The molecule has 1 aromatic rings. The van der Waals surface area contributed by atoms with E-state index < -0.39 is 10.0 Å². The minimum Gasteiger partial charge on any atom is -0.381 e. The number of methoxy groups -OCH3 is 1. The predicted octanol–water partition coefficient (Wildman–Crippen LogP) is 2.04. The maximum atomic E-state index is 12.7. The van der Waals surface area contributed by atoms with Gasteiger partial charge in [0.05, 0.1) is 12.3 Å².